The van der Waals surface area contributed by atoms with Gasteiger partial charge in [0.25, 0.3) is 0 Å². The molecule has 120 valence electrons. The molecule has 1 N–H and O–H groups in total. The van der Waals surface area contributed by atoms with Gasteiger partial charge in [0.1, 0.15) is 6.04 Å². The maximum Gasteiger partial charge on any atom is 0.326 e. The van der Waals surface area contributed by atoms with Crippen molar-refractivity contribution in [2.75, 3.05) is 46.4 Å². The molecule has 7 nitrogen and oxygen atoms in total. The summed E-state index contributed by atoms with van der Waals surface area (Å²) in [5.74, 6) is -0.947. The van der Waals surface area contributed by atoms with Gasteiger partial charge in [-0.25, -0.2) is 9.59 Å². The topological polar surface area (TPSA) is 73.3 Å². The molecule has 2 amide bonds. The first-order chi connectivity index (χ1) is 10.0. The van der Waals surface area contributed by atoms with Crippen LogP contribution < -0.4 is 0 Å². The summed E-state index contributed by atoms with van der Waals surface area (Å²) in [6.45, 7) is 6.48. The van der Waals surface area contributed by atoms with Crippen molar-refractivity contribution >= 4 is 12.0 Å². The fraction of sp³-hybridized carbons (Fsp3) is 0.857. The number of rotatable bonds is 4. The third-order valence-corrected chi connectivity index (χ3v) is 4.44. The number of carbonyl (C=O) groups is 2. The number of likely N-dealkylation sites (N-methyl/N-ethyl adjacent to an activating group) is 1. The smallest absolute Gasteiger partial charge is 0.326 e. The summed E-state index contributed by atoms with van der Waals surface area (Å²) in [4.78, 5) is 29.1. The predicted molar refractivity (Wildman–Crippen MR) is 77.2 cm³/mol. The summed E-state index contributed by atoms with van der Waals surface area (Å²) in [5, 5.41) is 9.16. The lowest BCUT2D eigenvalue weighted by molar-refractivity contribution is -0.142. The minimum absolute atomic E-state index is 0.181. The van der Waals surface area contributed by atoms with E-state index in [0.717, 1.165) is 32.7 Å². The maximum atomic E-state index is 12.4. The number of carboxylic acids is 1. The lowest BCUT2D eigenvalue weighted by Crippen LogP contribution is -2.50. The van der Waals surface area contributed by atoms with Gasteiger partial charge in [-0.3, -0.25) is 4.90 Å². The van der Waals surface area contributed by atoms with E-state index in [1.165, 1.54) is 4.90 Å². The van der Waals surface area contributed by atoms with Gasteiger partial charge >= 0.3 is 12.0 Å². The predicted octanol–water partition coefficient (Wildman–Crippen LogP) is 0.308. The van der Waals surface area contributed by atoms with Crippen LogP contribution in [0.2, 0.25) is 0 Å². The second-order valence-electron chi connectivity index (χ2n) is 5.69. The van der Waals surface area contributed by atoms with Crippen LogP contribution in [0.15, 0.2) is 0 Å². The summed E-state index contributed by atoms with van der Waals surface area (Å²) in [7, 11) is 1.58. The summed E-state index contributed by atoms with van der Waals surface area (Å²) < 4.78 is 5.35. The number of carbonyl (C=O) groups excluding carboxylic acids is 1. The fourth-order valence-electron chi connectivity index (χ4n) is 3.13. The summed E-state index contributed by atoms with van der Waals surface area (Å²) in [5.41, 5.74) is 0. The molecule has 0 saturated carbocycles. The van der Waals surface area contributed by atoms with E-state index in [-0.39, 0.29) is 6.03 Å². The molecule has 2 aliphatic rings. The van der Waals surface area contributed by atoms with E-state index >= 15 is 0 Å². The Kier molecular flexibility index (Phi) is 5.41. The molecule has 0 aromatic rings. The molecule has 0 bridgehead atoms. The Morgan fingerprint density at radius 1 is 1.33 bits per heavy atom. The molecule has 2 fully saturated rings. The van der Waals surface area contributed by atoms with E-state index in [2.05, 4.69) is 4.90 Å². The minimum Gasteiger partial charge on any atom is -0.480 e. The van der Waals surface area contributed by atoms with Crippen LogP contribution in [-0.2, 0) is 9.53 Å². The molecule has 0 aromatic heterocycles. The van der Waals surface area contributed by atoms with Crippen LogP contribution in [0.3, 0.4) is 0 Å². The van der Waals surface area contributed by atoms with Gasteiger partial charge in [0.2, 0.25) is 0 Å². The van der Waals surface area contributed by atoms with Crippen LogP contribution in [0.5, 0.6) is 0 Å². The van der Waals surface area contributed by atoms with E-state index < -0.39 is 12.0 Å². The first-order valence-corrected chi connectivity index (χ1v) is 7.61. The lowest BCUT2D eigenvalue weighted by Gasteiger charge is -2.33. The van der Waals surface area contributed by atoms with E-state index in [0.29, 0.717) is 25.6 Å². The molecular weight excluding hydrogens is 274 g/mol. The number of amides is 2. The van der Waals surface area contributed by atoms with Crippen molar-refractivity contribution in [2.45, 2.75) is 31.8 Å². The third kappa shape index (κ3) is 3.65. The minimum atomic E-state index is -0.947. The molecule has 7 heteroatoms. The van der Waals surface area contributed by atoms with Gasteiger partial charge in [0.05, 0.1) is 13.2 Å². The number of nitrogens with zero attached hydrogens (tertiary/aromatic N) is 3. The average Bonchev–Trinajstić information content (AvgIpc) is 2.97. The number of ether oxygens (including phenoxy) is 1. The van der Waals surface area contributed by atoms with Crippen LogP contribution in [0.1, 0.15) is 19.8 Å². The van der Waals surface area contributed by atoms with Gasteiger partial charge in [0, 0.05) is 39.3 Å². The Labute approximate surface area is 125 Å². The van der Waals surface area contributed by atoms with Gasteiger partial charge in [0.15, 0.2) is 0 Å². The second-order valence-corrected chi connectivity index (χ2v) is 5.69. The molecule has 21 heavy (non-hydrogen) atoms. The van der Waals surface area contributed by atoms with Gasteiger partial charge in [-0.2, -0.15) is 0 Å². The largest absolute Gasteiger partial charge is 0.480 e. The number of morpholine rings is 1. The second kappa shape index (κ2) is 7.09. The standard InChI is InChI=1S/C14H25N3O4/c1-3-12(13(18)19)15(2)14(20)17-5-4-11(10-17)16-6-8-21-9-7-16/h11-12H,3-10H2,1-2H3,(H,18,19). The number of carboxylic acid groups (broad SMARTS) is 1. The van der Waals surface area contributed by atoms with Crippen molar-refractivity contribution in [2.24, 2.45) is 0 Å². The number of hydrogen-bond donors (Lipinski definition) is 1. The molecular formula is C14H25N3O4. The zero-order chi connectivity index (χ0) is 15.4. The maximum absolute atomic E-state index is 12.4. The highest BCUT2D eigenvalue weighted by atomic mass is 16.5. The highest BCUT2D eigenvalue weighted by molar-refractivity contribution is 5.82. The van der Waals surface area contributed by atoms with E-state index in [4.69, 9.17) is 9.84 Å². The Hall–Kier alpha value is -1.34. The van der Waals surface area contributed by atoms with Crippen LogP contribution in [0.25, 0.3) is 0 Å². The highest BCUT2D eigenvalue weighted by Gasteiger charge is 2.35. The van der Waals surface area contributed by atoms with Gasteiger partial charge in [-0.15, -0.1) is 0 Å². The van der Waals surface area contributed by atoms with Crippen molar-refractivity contribution in [3.8, 4) is 0 Å². The number of urea groups is 1. The Morgan fingerprint density at radius 3 is 2.57 bits per heavy atom. The Balaban J connectivity index is 1.90. The van der Waals surface area contributed by atoms with Crippen molar-refractivity contribution in [1.82, 2.24) is 14.7 Å². The highest BCUT2D eigenvalue weighted by Crippen LogP contribution is 2.19. The van der Waals surface area contributed by atoms with Gasteiger partial charge in [-0.05, 0) is 12.8 Å². The molecule has 2 unspecified atom stereocenters. The van der Waals surface area contributed by atoms with Crippen LogP contribution in [-0.4, -0.2) is 90.3 Å². The first-order valence-electron chi connectivity index (χ1n) is 7.61. The molecule has 0 radical (unpaired) electrons. The first kappa shape index (κ1) is 16.0. The van der Waals surface area contributed by atoms with E-state index in [9.17, 15) is 9.59 Å². The number of aliphatic carboxylic acids is 1. The SMILES string of the molecule is CCC(C(=O)O)N(C)C(=O)N1CCC(N2CCOCC2)C1. The van der Waals surface area contributed by atoms with Crippen molar-refractivity contribution in [3.05, 3.63) is 0 Å². The molecule has 0 spiro atoms. The molecule has 2 aliphatic heterocycles. The fourth-order valence-corrected chi connectivity index (χ4v) is 3.13. The number of hydrogen-bond acceptors (Lipinski definition) is 4. The third-order valence-electron chi connectivity index (χ3n) is 4.44. The van der Waals surface area contributed by atoms with Crippen molar-refractivity contribution in [1.29, 1.82) is 0 Å². The van der Waals surface area contributed by atoms with Crippen LogP contribution >= 0.6 is 0 Å². The lowest BCUT2D eigenvalue weighted by atomic mass is 10.2. The van der Waals surface area contributed by atoms with Crippen LogP contribution in [0.4, 0.5) is 4.79 Å². The molecule has 0 aliphatic carbocycles. The molecule has 0 aromatic carbocycles. The van der Waals surface area contributed by atoms with Crippen LogP contribution in [0, 0.1) is 0 Å². The summed E-state index contributed by atoms with van der Waals surface area (Å²) in [6.07, 6.45) is 1.36. The molecule has 2 heterocycles. The summed E-state index contributed by atoms with van der Waals surface area (Å²) in [6, 6.07) is -0.559. The number of likely N-dealkylation sites (tertiary alicyclic amines) is 1. The van der Waals surface area contributed by atoms with E-state index in [1.54, 1.807) is 18.9 Å². The van der Waals surface area contributed by atoms with Crippen molar-refractivity contribution < 1.29 is 19.4 Å². The molecule has 2 atom stereocenters. The van der Waals surface area contributed by atoms with Gasteiger partial charge in [-0.1, -0.05) is 6.92 Å². The zero-order valence-corrected chi connectivity index (χ0v) is 12.8. The molecule has 2 saturated heterocycles. The average molecular weight is 299 g/mol. The zero-order valence-electron chi connectivity index (χ0n) is 12.8. The van der Waals surface area contributed by atoms with E-state index in [1.807, 2.05) is 0 Å². The van der Waals surface area contributed by atoms with Gasteiger partial charge < -0.3 is 19.6 Å². The normalized spacial score (nSPS) is 24.9. The Morgan fingerprint density at radius 2 is 2.00 bits per heavy atom. The molecule has 2 rings (SSSR count). The Bertz CT molecular complexity index is 384. The summed E-state index contributed by atoms with van der Waals surface area (Å²) >= 11 is 0. The quantitative estimate of drug-likeness (QED) is 0.808. The van der Waals surface area contributed by atoms with Crippen molar-refractivity contribution in [3.63, 3.8) is 0 Å². The monoisotopic (exact) mass is 299 g/mol.